The molecule has 5 heteroatoms. The molecule has 0 radical (unpaired) electrons. The number of fused-ring (bicyclic) bond motifs is 1. The smallest absolute Gasteiger partial charge is 0.326 e. The van der Waals surface area contributed by atoms with Gasteiger partial charge in [0, 0.05) is 6.42 Å². The van der Waals surface area contributed by atoms with Crippen LogP contribution >= 0.6 is 0 Å². The molecule has 1 aromatic heterocycles. The zero-order chi connectivity index (χ0) is 13.8. The van der Waals surface area contributed by atoms with Crippen molar-refractivity contribution in [1.29, 1.82) is 0 Å². The Hall–Kier alpha value is -2.17. The van der Waals surface area contributed by atoms with Gasteiger partial charge in [-0.3, -0.25) is 14.2 Å². The van der Waals surface area contributed by atoms with E-state index in [4.69, 9.17) is 4.74 Å². The van der Waals surface area contributed by atoms with Crippen LogP contribution in [0.4, 0.5) is 0 Å². The Morgan fingerprint density at radius 2 is 2.05 bits per heavy atom. The van der Waals surface area contributed by atoms with Crippen LogP contribution < -0.4 is 5.56 Å². The fourth-order valence-electron chi connectivity index (χ4n) is 1.98. The van der Waals surface area contributed by atoms with E-state index in [9.17, 15) is 9.59 Å². The molecule has 19 heavy (non-hydrogen) atoms. The van der Waals surface area contributed by atoms with Gasteiger partial charge < -0.3 is 4.74 Å². The van der Waals surface area contributed by atoms with E-state index in [1.807, 2.05) is 13.0 Å². The molecule has 0 saturated carbocycles. The van der Waals surface area contributed by atoms with Crippen molar-refractivity contribution in [2.24, 2.45) is 0 Å². The molecule has 2 rings (SSSR count). The van der Waals surface area contributed by atoms with Gasteiger partial charge in [-0.15, -0.1) is 0 Å². The first-order valence-corrected chi connectivity index (χ1v) is 6.31. The number of carbonyl (C=O) groups excluding carboxylic acids is 1. The molecule has 0 aliphatic rings. The van der Waals surface area contributed by atoms with Crippen LogP contribution in [0.1, 0.15) is 19.7 Å². The fourth-order valence-corrected chi connectivity index (χ4v) is 1.98. The maximum absolute atomic E-state index is 12.4. The normalized spacial score (nSPS) is 10.6. The number of aromatic nitrogens is 2. The minimum absolute atomic E-state index is 0.0896. The molecule has 100 valence electrons. The number of carbonyl (C=O) groups is 1. The molecule has 0 spiro atoms. The standard InChI is InChI=1S/C14H16N2O3/c1-3-12-15-11-8-6-5-7-10(11)14(18)16(12)9-13(17)19-4-2/h5-8H,3-4,9H2,1-2H3. The highest BCUT2D eigenvalue weighted by molar-refractivity contribution is 5.78. The minimum atomic E-state index is -0.420. The molecular weight excluding hydrogens is 244 g/mol. The van der Waals surface area contributed by atoms with Crippen molar-refractivity contribution in [3.63, 3.8) is 0 Å². The summed E-state index contributed by atoms with van der Waals surface area (Å²) in [6.45, 7) is 3.85. The molecule has 0 bridgehead atoms. The monoisotopic (exact) mass is 260 g/mol. The van der Waals surface area contributed by atoms with Crippen LogP contribution in [0.3, 0.4) is 0 Å². The van der Waals surface area contributed by atoms with Crippen LogP contribution in [0.25, 0.3) is 10.9 Å². The summed E-state index contributed by atoms with van der Waals surface area (Å²) >= 11 is 0. The highest BCUT2D eigenvalue weighted by Gasteiger charge is 2.13. The van der Waals surface area contributed by atoms with Gasteiger partial charge in [-0.1, -0.05) is 19.1 Å². The molecule has 5 nitrogen and oxygen atoms in total. The Morgan fingerprint density at radius 3 is 2.74 bits per heavy atom. The largest absolute Gasteiger partial charge is 0.465 e. The van der Waals surface area contributed by atoms with Crippen molar-refractivity contribution < 1.29 is 9.53 Å². The van der Waals surface area contributed by atoms with Crippen molar-refractivity contribution in [1.82, 2.24) is 9.55 Å². The van der Waals surface area contributed by atoms with E-state index in [1.54, 1.807) is 25.1 Å². The molecular formula is C14H16N2O3. The Morgan fingerprint density at radius 1 is 1.32 bits per heavy atom. The van der Waals surface area contributed by atoms with Crippen molar-refractivity contribution in [2.45, 2.75) is 26.8 Å². The molecule has 0 fully saturated rings. The number of ether oxygens (including phenoxy) is 1. The van der Waals surface area contributed by atoms with Crippen molar-refractivity contribution >= 4 is 16.9 Å². The summed E-state index contributed by atoms with van der Waals surface area (Å²) in [7, 11) is 0. The Balaban J connectivity index is 2.55. The Bertz CT molecular complexity index is 661. The zero-order valence-electron chi connectivity index (χ0n) is 11.0. The maximum atomic E-state index is 12.4. The third-order valence-corrected chi connectivity index (χ3v) is 2.85. The van der Waals surface area contributed by atoms with Crippen LogP contribution in [0, 0.1) is 0 Å². The molecule has 0 amide bonds. The molecule has 0 N–H and O–H groups in total. The number of hydrogen-bond donors (Lipinski definition) is 0. The molecule has 0 atom stereocenters. The summed E-state index contributed by atoms with van der Waals surface area (Å²) in [4.78, 5) is 28.3. The molecule has 0 saturated heterocycles. The van der Waals surface area contributed by atoms with Crippen LogP contribution in [-0.4, -0.2) is 22.1 Å². The van der Waals surface area contributed by atoms with E-state index in [0.29, 0.717) is 29.8 Å². The lowest BCUT2D eigenvalue weighted by molar-refractivity contribution is -0.143. The van der Waals surface area contributed by atoms with Crippen LogP contribution in [0.2, 0.25) is 0 Å². The number of nitrogens with zero attached hydrogens (tertiary/aromatic N) is 2. The van der Waals surface area contributed by atoms with Gasteiger partial charge in [-0.25, -0.2) is 4.98 Å². The van der Waals surface area contributed by atoms with E-state index in [2.05, 4.69) is 4.98 Å². The number of esters is 1. The second kappa shape index (κ2) is 5.65. The maximum Gasteiger partial charge on any atom is 0.326 e. The Labute approximate surface area is 110 Å². The van der Waals surface area contributed by atoms with E-state index < -0.39 is 5.97 Å². The minimum Gasteiger partial charge on any atom is -0.465 e. The molecule has 0 unspecified atom stereocenters. The predicted molar refractivity (Wildman–Crippen MR) is 72.0 cm³/mol. The van der Waals surface area contributed by atoms with E-state index >= 15 is 0 Å². The Kier molecular flexibility index (Phi) is 3.94. The van der Waals surface area contributed by atoms with Crippen LogP contribution in [0.15, 0.2) is 29.1 Å². The average Bonchev–Trinajstić information content (AvgIpc) is 2.42. The van der Waals surface area contributed by atoms with E-state index in [-0.39, 0.29) is 12.1 Å². The third kappa shape index (κ3) is 2.65. The number of aryl methyl sites for hydroxylation is 1. The van der Waals surface area contributed by atoms with Crippen molar-refractivity contribution in [3.8, 4) is 0 Å². The quantitative estimate of drug-likeness (QED) is 0.782. The first-order valence-electron chi connectivity index (χ1n) is 6.31. The zero-order valence-corrected chi connectivity index (χ0v) is 11.0. The summed E-state index contributed by atoms with van der Waals surface area (Å²) in [6.07, 6.45) is 0.583. The van der Waals surface area contributed by atoms with Gasteiger partial charge in [-0.05, 0) is 19.1 Å². The van der Waals surface area contributed by atoms with E-state index in [0.717, 1.165) is 0 Å². The van der Waals surface area contributed by atoms with Gasteiger partial charge >= 0.3 is 5.97 Å². The van der Waals surface area contributed by atoms with E-state index in [1.165, 1.54) is 4.57 Å². The van der Waals surface area contributed by atoms with Crippen LogP contribution in [0.5, 0.6) is 0 Å². The van der Waals surface area contributed by atoms with Crippen LogP contribution in [-0.2, 0) is 22.5 Å². The highest BCUT2D eigenvalue weighted by atomic mass is 16.5. The molecule has 0 aliphatic carbocycles. The van der Waals surface area contributed by atoms with Gasteiger partial charge in [0.2, 0.25) is 0 Å². The summed E-state index contributed by atoms with van der Waals surface area (Å²) in [5.41, 5.74) is 0.458. The van der Waals surface area contributed by atoms with Crippen molar-refractivity contribution in [3.05, 3.63) is 40.4 Å². The first-order chi connectivity index (χ1) is 9.17. The number of benzene rings is 1. The number of rotatable bonds is 4. The predicted octanol–water partition coefficient (Wildman–Crippen LogP) is 1.52. The van der Waals surface area contributed by atoms with Gasteiger partial charge in [0.15, 0.2) is 0 Å². The highest BCUT2D eigenvalue weighted by Crippen LogP contribution is 2.08. The summed E-state index contributed by atoms with van der Waals surface area (Å²) in [5, 5.41) is 0.518. The summed E-state index contributed by atoms with van der Waals surface area (Å²) in [5.74, 6) is 0.174. The van der Waals surface area contributed by atoms with Crippen molar-refractivity contribution in [2.75, 3.05) is 6.61 Å². The van der Waals surface area contributed by atoms with Gasteiger partial charge in [-0.2, -0.15) is 0 Å². The number of hydrogen-bond acceptors (Lipinski definition) is 4. The molecule has 2 aromatic rings. The van der Waals surface area contributed by atoms with Gasteiger partial charge in [0.25, 0.3) is 5.56 Å². The fraction of sp³-hybridized carbons (Fsp3) is 0.357. The molecule has 1 heterocycles. The SMILES string of the molecule is CCOC(=O)Cn1c(CC)nc2ccccc2c1=O. The lowest BCUT2D eigenvalue weighted by Crippen LogP contribution is -2.29. The lowest BCUT2D eigenvalue weighted by Gasteiger charge is -2.11. The first kappa shape index (κ1) is 13.3. The molecule has 1 aromatic carbocycles. The lowest BCUT2D eigenvalue weighted by atomic mass is 10.2. The second-order valence-corrected chi connectivity index (χ2v) is 4.10. The second-order valence-electron chi connectivity index (χ2n) is 4.10. The topological polar surface area (TPSA) is 61.2 Å². The summed E-state index contributed by atoms with van der Waals surface area (Å²) < 4.78 is 6.28. The van der Waals surface area contributed by atoms with Gasteiger partial charge in [0.1, 0.15) is 12.4 Å². The average molecular weight is 260 g/mol. The number of para-hydroxylation sites is 1. The summed E-state index contributed by atoms with van der Waals surface area (Å²) in [6, 6.07) is 7.13. The molecule has 0 aliphatic heterocycles. The third-order valence-electron chi connectivity index (χ3n) is 2.85. The van der Waals surface area contributed by atoms with Gasteiger partial charge in [0.05, 0.1) is 17.5 Å².